The molecule has 0 aromatic rings. The molecule has 0 aliphatic carbocycles. The molecule has 0 aliphatic heterocycles. The summed E-state index contributed by atoms with van der Waals surface area (Å²) < 4.78 is 0. The number of thiol groups is 1. The molecule has 0 saturated heterocycles. The minimum absolute atomic E-state index is 0.0477. The van der Waals surface area contributed by atoms with E-state index in [9.17, 15) is 19.2 Å². The van der Waals surface area contributed by atoms with Gasteiger partial charge < -0.3 is 27.2 Å². The van der Waals surface area contributed by atoms with Crippen molar-refractivity contribution in [1.29, 1.82) is 0 Å². The van der Waals surface area contributed by atoms with Gasteiger partial charge in [0.1, 0.15) is 12.1 Å². The van der Waals surface area contributed by atoms with Crippen LogP contribution in [0.25, 0.3) is 0 Å². The fourth-order valence-electron chi connectivity index (χ4n) is 1.67. The summed E-state index contributed by atoms with van der Waals surface area (Å²) in [7, 11) is 0. The number of nitrogens with one attached hydrogen (secondary N) is 2. The molecule has 132 valence electrons. The quantitative estimate of drug-likeness (QED) is 0.255. The van der Waals surface area contributed by atoms with E-state index in [1.165, 1.54) is 0 Å². The second kappa shape index (κ2) is 10.1. The molecule has 3 atom stereocenters. The second-order valence-corrected chi connectivity index (χ2v) is 5.79. The molecule has 0 fully saturated rings. The van der Waals surface area contributed by atoms with E-state index in [2.05, 4.69) is 23.3 Å². The molecular weight excluding hydrogens is 324 g/mol. The summed E-state index contributed by atoms with van der Waals surface area (Å²) in [5.74, 6) is -3.44. The number of rotatable bonds is 10. The highest BCUT2D eigenvalue weighted by molar-refractivity contribution is 7.80. The topological polar surface area (TPSA) is 165 Å². The highest BCUT2D eigenvalue weighted by Crippen LogP contribution is 2.05. The molecule has 7 N–H and O–H groups in total. The number of primary amides is 1. The number of nitrogens with two attached hydrogens (primary N) is 2. The van der Waals surface area contributed by atoms with Gasteiger partial charge in [-0.15, -0.1) is 0 Å². The van der Waals surface area contributed by atoms with Gasteiger partial charge in [0.2, 0.25) is 17.7 Å². The van der Waals surface area contributed by atoms with Gasteiger partial charge in [-0.3, -0.25) is 14.4 Å². The van der Waals surface area contributed by atoms with Crippen molar-refractivity contribution >= 4 is 36.3 Å². The van der Waals surface area contributed by atoms with Crippen LogP contribution in [0.5, 0.6) is 0 Å². The van der Waals surface area contributed by atoms with Gasteiger partial charge in [-0.05, 0) is 12.3 Å². The Morgan fingerprint density at radius 3 is 2.09 bits per heavy atom. The molecular formula is C13H24N4O5S. The molecule has 0 aliphatic rings. The fraction of sp³-hybridized carbons (Fsp3) is 0.692. The van der Waals surface area contributed by atoms with Crippen molar-refractivity contribution in [2.24, 2.45) is 17.4 Å². The molecule has 0 spiro atoms. The highest BCUT2D eigenvalue weighted by atomic mass is 32.1. The molecule has 3 amide bonds. The first-order chi connectivity index (χ1) is 10.6. The molecule has 9 nitrogen and oxygen atoms in total. The molecule has 23 heavy (non-hydrogen) atoms. The lowest BCUT2D eigenvalue weighted by Gasteiger charge is -2.24. The highest BCUT2D eigenvalue weighted by Gasteiger charge is 2.29. The number of carbonyl (C=O) groups excluding carboxylic acids is 3. The number of hydrogen-bond donors (Lipinski definition) is 6. The van der Waals surface area contributed by atoms with Crippen molar-refractivity contribution in [1.82, 2.24) is 10.6 Å². The van der Waals surface area contributed by atoms with E-state index in [0.29, 0.717) is 0 Å². The van der Waals surface area contributed by atoms with E-state index in [0.717, 1.165) is 0 Å². The normalized spacial score (nSPS) is 14.7. The Morgan fingerprint density at radius 1 is 1.13 bits per heavy atom. The van der Waals surface area contributed by atoms with Crippen LogP contribution in [-0.2, 0) is 19.2 Å². The maximum atomic E-state index is 12.1. The van der Waals surface area contributed by atoms with E-state index in [-0.39, 0.29) is 24.5 Å². The van der Waals surface area contributed by atoms with Crippen LogP contribution >= 0.6 is 12.6 Å². The van der Waals surface area contributed by atoms with Gasteiger partial charge in [-0.1, -0.05) is 13.8 Å². The summed E-state index contributed by atoms with van der Waals surface area (Å²) in [6, 6.07) is -3.10. The minimum Gasteiger partial charge on any atom is -0.480 e. The monoisotopic (exact) mass is 348 g/mol. The SMILES string of the molecule is CC(C)C(NC(=O)C(N)CCC(N)=O)C(=O)NC(CS)C(=O)O. The zero-order valence-corrected chi connectivity index (χ0v) is 14.0. The van der Waals surface area contributed by atoms with Crippen molar-refractivity contribution < 1.29 is 24.3 Å². The molecule has 0 heterocycles. The standard InChI is InChI=1S/C13H24N4O5S/c1-6(2)10(12(20)16-8(5-23)13(21)22)17-11(19)7(14)3-4-9(15)18/h6-8,10,23H,3-5,14H2,1-2H3,(H2,15,18)(H,16,20)(H,17,19)(H,21,22). The molecule has 10 heteroatoms. The van der Waals surface area contributed by atoms with Crippen LogP contribution in [0.15, 0.2) is 0 Å². The minimum atomic E-state index is -1.22. The summed E-state index contributed by atoms with van der Waals surface area (Å²) in [6.07, 6.45) is 0.00978. The first kappa shape index (κ1) is 21.2. The largest absolute Gasteiger partial charge is 0.480 e. The average Bonchev–Trinajstić information content (AvgIpc) is 2.46. The predicted molar refractivity (Wildman–Crippen MR) is 86.6 cm³/mol. The van der Waals surface area contributed by atoms with E-state index in [1.54, 1.807) is 13.8 Å². The van der Waals surface area contributed by atoms with Crippen LogP contribution in [0.4, 0.5) is 0 Å². The van der Waals surface area contributed by atoms with Crippen molar-refractivity contribution in [3.63, 3.8) is 0 Å². The number of carboxylic acid groups (broad SMARTS) is 1. The van der Waals surface area contributed by atoms with Crippen LogP contribution in [0.2, 0.25) is 0 Å². The fourth-order valence-corrected chi connectivity index (χ4v) is 1.92. The Labute approximate surface area is 139 Å². The summed E-state index contributed by atoms with van der Waals surface area (Å²) in [5.41, 5.74) is 10.6. The lowest BCUT2D eigenvalue weighted by Crippen LogP contribution is -2.56. The molecule has 0 aromatic carbocycles. The number of hydrogen-bond acceptors (Lipinski definition) is 6. The van der Waals surface area contributed by atoms with Gasteiger partial charge >= 0.3 is 5.97 Å². The Kier molecular flexibility index (Phi) is 9.27. The Morgan fingerprint density at radius 2 is 1.70 bits per heavy atom. The maximum absolute atomic E-state index is 12.1. The molecule has 0 radical (unpaired) electrons. The number of amides is 3. The van der Waals surface area contributed by atoms with E-state index < -0.39 is 41.8 Å². The Bertz CT molecular complexity index is 458. The van der Waals surface area contributed by atoms with Crippen molar-refractivity contribution in [2.75, 3.05) is 5.75 Å². The molecule has 0 aromatic heterocycles. The third-order valence-corrected chi connectivity index (χ3v) is 3.45. The maximum Gasteiger partial charge on any atom is 0.327 e. The van der Waals surface area contributed by atoms with Gasteiger partial charge in [0.05, 0.1) is 6.04 Å². The average molecular weight is 348 g/mol. The lowest BCUT2D eigenvalue weighted by atomic mass is 10.0. The number of carbonyl (C=O) groups is 4. The van der Waals surface area contributed by atoms with Gasteiger partial charge in [0, 0.05) is 12.2 Å². The van der Waals surface area contributed by atoms with Gasteiger partial charge in [-0.25, -0.2) is 4.79 Å². The van der Waals surface area contributed by atoms with Crippen LogP contribution in [0, 0.1) is 5.92 Å². The summed E-state index contributed by atoms with van der Waals surface area (Å²) in [5, 5.41) is 13.7. The third kappa shape index (κ3) is 7.84. The van der Waals surface area contributed by atoms with Crippen molar-refractivity contribution in [2.45, 2.75) is 44.8 Å². The summed E-state index contributed by atoms with van der Waals surface area (Å²) in [4.78, 5) is 45.7. The lowest BCUT2D eigenvalue weighted by molar-refractivity contribution is -0.141. The van der Waals surface area contributed by atoms with Crippen LogP contribution < -0.4 is 22.1 Å². The zero-order valence-electron chi connectivity index (χ0n) is 13.1. The van der Waals surface area contributed by atoms with E-state index in [1.807, 2.05) is 0 Å². The molecule has 0 rings (SSSR count). The molecule has 3 unspecified atom stereocenters. The van der Waals surface area contributed by atoms with E-state index >= 15 is 0 Å². The van der Waals surface area contributed by atoms with Gasteiger partial charge in [0.25, 0.3) is 0 Å². The first-order valence-corrected chi connectivity index (χ1v) is 7.71. The predicted octanol–water partition coefficient (Wildman–Crippen LogP) is -1.78. The smallest absolute Gasteiger partial charge is 0.327 e. The third-order valence-electron chi connectivity index (χ3n) is 3.08. The molecule has 0 bridgehead atoms. The van der Waals surface area contributed by atoms with Gasteiger partial charge in [0.15, 0.2) is 0 Å². The number of aliphatic carboxylic acids is 1. The second-order valence-electron chi connectivity index (χ2n) is 5.42. The molecule has 0 saturated carbocycles. The zero-order chi connectivity index (χ0) is 18.2. The van der Waals surface area contributed by atoms with E-state index in [4.69, 9.17) is 16.6 Å². The van der Waals surface area contributed by atoms with Crippen LogP contribution in [0.1, 0.15) is 26.7 Å². The van der Waals surface area contributed by atoms with Crippen LogP contribution in [-0.4, -0.2) is 52.7 Å². The number of carboxylic acids is 1. The first-order valence-electron chi connectivity index (χ1n) is 7.08. The van der Waals surface area contributed by atoms with Crippen LogP contribution in [0.3, 0.4) is 0 Å². The Hall–Kier alpha value is -1.81. The van der Waals surface area contributed by atoms with Crippen molar-refractivity contribution in [3.05, 3.63) is 0 Å². The summed E-state index contributed by atoms with van der Waals surface area (Å²) in [6.45, 7) is 3.38. The van der Waals surface area contributed by atoms with Crippen molar-refractivity contribution in [3.8, 4) is 0 Å². The Balaban J connectivity index is 4.79. The summed E-state index contributed by atoms with van der Waals surface area (Å²) >= 11 is 3.85. The van der Waals surface area contributed by atoms with Gasteiger partial charge in [-0.2, -0.15) is 12.6 Å².